The molecule has 2 rings (SSSR count). The van der Waals surface area contributed by atoms with Crippen LogP contribution in [0, 0.1) is 11.8 Å². The fourth-order valence-electron chi connectivity index (χ4n) is 4.39. The molecule has 1 N–H and O–H groups in total. The van der Waals surface area contributed by atoms with Crippen LogP contribution in [0.25, 0.3) is 0 Å². The number of nitrogens with one attached hydrogen (secondary N) is 1. The summed E-state index contributed by atoms with van der Waals surface area (Å²) in [6.45, 7) is 4.66. The van der Waals surface area contributed by atoms with E-state index in [-0.39, 0.29) is 0 Å². The van der Waals surface area contributed by atoms with Gasteiger partial charge in [0.1, 0.15) is 0 Å². The maximum Gasteiger partial charge on any atom is 0.00698 e. The van der Waals surface area contributed by atoms with Crippen molar-refractivity contribution in [3.63, 3.8) is 0 Å². The third kappa shape index (κ3) is 5.10. The minimum atomic E-state index is 0.848. The first-order chi connectivity index (χ1) is 9.31. The van der Waals surface area contributed by atoms with E-state index in [4.69, 9.17) is 0 Å². The van der Waals surface area contributed by atoms with E-state index in [0.29, 0.717) is 0 Å². The van der Waals surface area contributed by atoms with Gasteiger partial charge in [0.05, 0.1) is 0 Å². The van der Waals surface area contributed by atoms with Crippen molar-refractivity contribution < 1.29 is 0 Å². The number of rotatable bonds is 6. The van der Waals surface area contributed by atoms with Crippen LogP contribution in [-0.2, 0) is 0 Å². The first-order valence-electron chi connectivity index (χ1n) is 9.07. The minimum absolute atomic E-state index is 0.848. The molecule has 2 aliphatic rings. The molecule has 2 aliphatic carbocycles. The third-order valence-electron chi connectivity index (χ3n) is 5.56. The summed E-state index contributed by atoms with van der Waals surface area (Å²) in [7, 11) is 0. The normalized spacial score (nSPS) is 36.3. The minimum Gasteiger partial charge on any atom is -0.311 e. The van der Waals surface area contributed by atoms with Crippen molar-refractivity contribution in [3.05, 3.63) is 0 Å². The molecule has 0 heterocycles. The van der Waals surface area contributed by atoms with E-state index in [1.54, 1.807) is 0 Å². The van der Waals surface area contributed by atoms with Gasteiger partial charge in [-0.2, -0.15) is 0 Å². The van der Waals surface area contributed by atoms with Crippen molar-refractivity contribution in [3.8, 4) is 0 Å². The molecule has 0 spiro atoms. The van der Waals surface area contributed by atoms with Crippen LogP contribution in [0.2, 0.25) is 0 Å². The van der Waals surface area contributed by atoms with Crippen LogP contribution in [0.4, 0.5) is 0 Å². The first kappa shape index (κ1) is 15.4. The van der Waals surface area contributed by atoms with Crippen LogP contribution in [0.15, 0.2) is 0 Å². The topological polar surface area (TPSA) is 12.0 Å². The molecule has 2 fully saturated rings. The monoisotopic (exact) mass is 265 g/mol. The van der Waals surface area contributed by atoms with E-state index in [0.717, 1.165) is 23.9 Å². The molecule has 2 saturated carbocycles. The van der Waals surface area contributed by atoms with Crippen LogP contribution in [0.5, 0.6) is 0 Å². The van der Waals surface area contributed by atoms with E-state index in [1.807, 2.05) is 0 Å². The summed E-state index contributed by atoms with van der Waals surface area (Å²) < 4.78 is 0. The van der Waals surface area contributed by atoms with Gasteiger partial charge in [-0.05, 0) is 63.2 Å². The lowest BCUT2D eigenvalue weighted by Crippen LogP contribution is -2.42. The van der Waals surface area contributed by atoms with Crippen LogP contribution in [0.1, 0.15) is 90.9 Å². The lowest BCUT2D eigenvalue weighted by molar-refractivity contribution is 0.221. The number of hydrogen-bond donors (Lipinski definition) is 1. The van der Waals surface area contributed by atoms with Crippen LogP contribution in [0.3, 0.4) is 0 Å². The van der Waals surface area contributed by atoms with Gasteiger partial charge < -0.3 is 5.32 Å². The van der Waals surface area contributed by atoms with Gasteiger partial charge in [-0.15, -0.1) is 0 Å². The van der Waals surface area contributed by atoms with Gasteiger partial charge in [0, 0.05) is 12.1 Å². The summed E-state index contributed by atoms with van der Waals surface area (Å²) in [6, 6.07) is 1.70. The molecule has 0 aromatic rings. The molecule has 0 aromatic carbocycles. The molecule has 0 atom stereocenters. The molecule has 0 aliphatic heterocycles. The molecule has 0 radical (unpaired) electrons. The molecule has 19 heavy (non-hydrogen) atoms. The highest BCUT2D eigenvalue weighted by Crippen LogP contribution is 2.31. The number of hydrogen-bond acceptors (Lipinski definition) is 1. The average Bonchev–Trinajstić information content (AvgIpc) is 2.44. The molecule has 0 bridgehead atoms. The SMILES string of the molecule is CCCC1CCC(NC2CCC(CCC)CC2)CC1. The Morgan fingerprint density at radius 3 is 1.32 bits per heavy atom. The molecule has 1 nitrogen and oxygen atoms in total. The van der Waals surface area contributed by atoms with Gasteiger partial charge in [-0.3, -0.25) is 0 Å². The highest BCUT2D eigenvalue weighted by atomic mass is 15.0. The van der Waals surface area contributed by atoms with Crippen LogP contribution in [-0.4, -0.2) is 12.1 Å². The van der Waals surface area contributed by atoms with Crippen molar-refractivity contribution >= 4 is 0 Å². The van der Waals surface area contributed by atoms with Gasteiger partial charge in [0.2, 0.25) is 0 Å². The van der Waals surface area contributed by atoms with Gasteiger partial charge >= 0.3 is 0 Å². The van der Waals surface area contributed by atoms with Crippen molar-refractivity contribution in [2.45, 2.75) is 103 Å². The van der Waals surface area contributed by atoms with Gasteiger partial charge in [-0.25, -0.2) is 0 Å². The summed E-state index contributed by atoms with van der Waals surface area (Å²) in [5.74, 6) is 2.09. The van der Waals surface area contributed by atoms with E-state index in [1.165, 1.54) is 77.0 Å². The van der Waals surface area contributed by atoms with E-state index < -0.39 is 0 Å². The highest BCUT2D eigenvalue weighted by molar-refractivity contribution is 4.83. The lowest BCUT2D eigenvalue weighted by atomic mass is 9.81. The summed E-state index contributed by atoms with van der Waals surface area (Å²) in [5, 5.41) is 3.98. The summed E-state index contributed by atoms with van der Waals surface area (Å²) >= 11 is 0. The standard InChI is InChI=1S/C18H35N/c1-3-5-15-7-11-17(12-8-15)19-18-13-9-16(6-4-2)10-14-18/h15-19H,3-14H2,1-2H3. The lowest BCUT2D eigenvalue weighted by Gasteiger charge is -2.35. The second kappa shape index (κ2) is 8.29. The fraction of sp³-hybridized carbons (Fsp3) is 1.00. The van der Waals surface area contributed by atoms with Gasteiger partial charge in [0.15, 0.2) is 0 Å². The first-order valence-corrected chi connectivity index (χ1v) is 9.07. The summed E-state index contributed by atoms with van der Waals surface area (Å²) in [5.41, 5.74) is 0. The maximum atomic E-state index is 3.98. The summed E-state index contributed by atoms with van der Waals surface area (Å²) in [6.07, 6.45) is 17.4. The zero-order valence-corrected chi connectivity index (χ0v) is 13.3. The molecule has 112 valence electrons. The van der Waals surface area contributed by atoms with Crippen molar-refractivity contribution in [1.29, 1.82) is 0 Å². The van der Waals surface area contributed by atoms with Crippen molar-refractivity contribution in [2.75, 3.05) is 0 Å². The zero-order valence-electron chi connectivity index (χ0n) is 13.3. The third-order valence-corrected chi connectivity index (χ3v) is 5.56. The Labute approximate surface area is 120 Å². The Balaban J connectivity index is 1.61. The summed E-state index contributed by atoms with van der Waals surface area (Å²) in [4.78, 5) is 0. The molecular formula is C18H35N. The van der Waals surface area contributed by atoms with Gasteiger partial charge in [0.25, 0.3) is 0 Å². The zero-order chi connectivity index (χ0) is 13.5. The molecule has 0 saturated heterocycles. The maximum absolute atomic E-state index is 3.98. The predicted molar refractivity (Wildman–Crippen MR) is 84.4 cm³/mol. The molecular weight excluding hydrogens is 230 g/mol. The fourth-order valence-corrected chi connectivity index (χ4v) is 4.39. The van der Waals surface area contributed by atoms with E-state index in [9.17, 15) is 0 Å². The van der Waals surface area contributed by atoms with Crippen molar-refractivity contribution in [1.82, 2.24) is 5.32 Å². The van der Waals surface area contributed by atoms with Crippen LogP contribution < -0.4 is 5.32 Å². The smallest absolute Gasteiger partial charge is 0.00698 e. The highest BCUT2D eigenvalue weighted by Gasteiger charge is 2.25. The average molecular weight is 265 g/mol. The largest absolute Gasteiger partial charge is 0.311 e. The predicted octanol–water partition coefficient (Wildman–Crippen LogP) is 5.29. The van der Waals surface area contributed by atoms with Gasteiger partial charge in [-0.1, -0.05) is 39.5 Å². The molecule has 0 amide bonds. The molecule has 1 heteroatoms. The van der Waals surface area contributed by atoms with Crippen LogP contribution >= 0.6 is 0 Å². The Hall–Kier alpha value is -0.0400. The Morgan fingerprint density at radius 2 is 1.00 bits per heavy atom. The second-order valence-corrected chi connectivity index (χ2v) is 7.18. The Kier molecular flexibility index (Phi) is 6.70. The van der Waals surface area contributed by atoms with E-state index in [2.05, 4.69) is 19.2 Å². The quantitative estimate of drug-likeness (QED) is 0.687. The Bertz CT molecular complexity index is 198. The van der Waals surface area contributed by atoms with E-state index >= 15 is 0 Å². The molecule has 0 unspecified atom stereocenters. The van der Waals surface area contributed by atoms with Crippen molar-refractivity contribution in [2.24, 2.45) is 11.8 Å². The Morgan fingerprint density at radius 1 is 0.632 bits per heavy atom. The second-order valence-electron chi connectivity index (χ2n) is 7.18. The molecule has 0 aromatic heterocycles.